The average Bonchev–Trinajstić information content (AvgIpc) is 3.11. The Kier molecular flexibility index (Phi) is 7.57. The molecular weight excluding hydrogens is 444 g/mol. The molecule has 2 aromatic rings. The molecule has 0 bridgehead atoms. The fraction of sp³-hybridized carbons (Fsp3) is 0.583. The van der Waals surface area contributed by atoms with Crippen LogP contribution >= 0.6 is 0 Å². The second-order valence-corrected chi connectivity index (χ2v) is 10.1. The molecule has 1 heterocycles. The lowest BCUT2D eigenvalue weighted by atomic mass is 9.86. The smallest absolute Gasteiger partial charge is 0.273 e. The maximum absolute atomic E-state index is 13.5. The first-order valence-electron chi connectivity index (χ1n) is 11.6. The molecule has 0 saturated heterocycles. The summed E-state index contributed by atoms with van der Waals surface area (Å²) in [7, 11) is 0. The molecule has 0 aliphatic heterocycles. The zero-order valence-corrected chi connectivity index (χ0v) is 19.9. The number of hydrogen-bond acceptors (Lipinski definition) is 4. The van der Waals surface area contributed by atoms with Crippen LogP contribution in [0.2, 0.25) is 0 Å². The Hall–Kier alpha value is -3.04. The Bertz CT molecular complexity index is 1050. The molecule has 1 aromatic carbocycles. The van der Waals surface area contributed by atoms with Crippen LogP contribution in [-0.4, -0.2) is 46.0 Å². The molecule has 34 heavy (non-hydrogen) atoms. The quantitative estimate of drug-likeness (QED) is 0.541. The SMILES string of the molecule is CC(C)(C)C(NC(=O)c1nn(CC2CCC(F)(F)CC2)c2ccccc12)C(=O)NCCC(N)=O. The van der Waals surface area contributed by atoms with E-state index in [2.05, 4.69) is 15.7 Å². The number of nitrogens with one attached hydrogen (secondary N) is 2. The Labute approximate surface area is 197 Å². The number of benzene rings is 1. The van der Waals surface area contributed by atoms with Gasteiger partial charge in [-0.05, 0) is 30.2 Å². The number of para-hydroxylation sites is 1. The van der Waals surface area contributed by atoms with Gasteiger partial charge < -0.3 is 16.4 Å². The number of halogens is 2. The number of rotatable bonds is 8. The Morgan fingerprint density at radius 2 is 1.85 bits per heavy atom. The third kappa shape index (κ3) is 6.30. The molecule has 1 aliphatic carbocycles. The fourth-order valence-corrected chi connectivity index (χ4v) is 4.25. The number of carbonyl (C=O) groups is 3. The summed E-state index contributed by atoms with van der Waals surface area (Å²) in [4.78, 5) is 37.0. The van der Waals surface area contributed by atoms with Gasteiger partial charge in [0.2, 0.25) is 17.7 Å². The van der Waals surface area contributed by atoms with E-state index >= 15 is 0 Å². The van der Waals surface area contributed by atoms with Crippen LogP contribution in [0, 0.1) is 11.3 Å². The van der Waals surface area contributed by atoms with Gasteiger partial charge in [0.05, 0.1) is 5.52 Å². The second kappa shape index (κ2) is 10.1. The summed E-state index contributed by atoms with van der Waals surface area (Å²) >= 11 is 0. The van der Waals surface area contributed by atoms with Crippen molar-refractivity contribution in [1.82, 2.24) is 20.4 Å². The standard InChI is InChI=1S/C24H33F2N5O3/c1-23(2,3)20(22(34)28-13-10-18(27)32)29-21(33)19-16-6-4-5-7-17(16)31(30-19)14-15-8-11-24(25,26)12-9-15/h4-7,15,20H,8-14H2,1-3H3,(H2,27,32)(H,28,34)(H,29,33). The molecule has 1 fully saturated rings. The molecule has 3 rings (SSSR count). The molecule has 8 nitrogen and oxygen atoms in total. The van der Waals surface area contributed by atoms with Crippen molar-refractivity contribution in [2.45, 2.75) is 71.4 Å². The van der Waals surface area contributed by atoms with Crippen LogP contribution in [0.25, 0.3) is 10.9 Å². The van der Waals surface area contributed by atoms with Crippen LogP contribution in [0.3, 0.4) is 0 Å². The topological polar surface area (TPSA) is 119 Å². The zero-order valence-electron chi connectivity index (χ0n) is 19.9. The highest BCUT2D eigenvalue weighted by Crippen LogP contribution is 2.37. The van der Waals surface area contributed by atoms with E-state index in [1.54, 1.807) is 16.8 Å². The van der Waals surface area contributed by atoms with Crippen LogP contribution < -0.4 is 16.4 Å². The van der Waals surface area contributed by atoms with Crippen LogP contribution in [0.4, 0.5) is 8.78 Å². The van der Waals surface area contributed by atoms with Gasteiger partial charge in [-0.1, -0.05) is 39.0 Å². The molecule has 1 aromatic heterocycles. The molecule has 1 saturated carbocycles. The maximum Gasteiger partial charge on any atom is 0.273 e. The second-order valence-electron chi connectivity index (χ2n) is 10.1. The van der Waals surface area contributed by atoms with Gasteiger partial charge >= 0.3 is 0 Å². The number of hydrogen-bond donors (Lipinski definition) is 3. The first-order valence-corrected chi connectivity index (χ1v) is 11.6. The number of fused-ring (bicyclic) bond motifs is 1. The van der Waals surface area contributed by atoms with E-state index in [0.717, 1.165) is 5.52 Å². The van der Waals surface area contributed by atoms with E-state index in [-0.39, 0.29) is 37.4 Å². The first kappa shape index (κ1) is 25.6. The molecule has 1 aliphatic rings. The van der Waals surface area contributed by atoms with E-state index in [1.165, 1.54) is 0 Å². The highest BCUT2D eigenvalue weighted by molar-refractivity contribution is 6.06. The van der Waals surface area contributed by atoms with Gasteiger partial charge in [0, 0.05) is 37.7 Å². The van der Waals surface area contributed by atoms with Crippen molar-refractivity contribution in [3.63, 3.8) is 0 Å². The largest absolute Gasteiger partial charge is 0.370 e. The number of primary amides is 1. The minimum Gasteiger partial charge on any atom is -0.370 e. The Balaban J connectivity index is 1.80. The number of nitrogens with two attached hydrogens (primary N) is 1. The molecule has 1 atom stereocenters. The maximum atomic E-state index is 13.5. The Morgan fingerprint density at radius 3 is 2.47 bits per heavy atom. The van der Waals surface area contributed by atoms with Crippen LogP contribution in [0.15, 0.2) is 24.3 Å². The van der Waals surface area contributed by atoms with Crippen molar-refractivity contribution in [3.8, 4) is 0 Å². The summed E-state index contributed by atoms with van der Waals surface area (Å²) in [5.74, 6) is -4.01. The number of amides is 3. The fourth-order valence-electron chi connectivity index (χ4n) is 4.25. The number of carbonyl (C=O) groups excluding carboxylic acids is 3. The van der Waals surface area contributed by atoms with E-state index in [4.69, 9.17) is 5.73 Å². The van der Waals surface area contributed by atoms with Crippen LogP contribution in [-0.2, 0) is 16.1 Å². The number of aromatic nitrogens is 2. The van der Waals surface area contributed by atoms with Crippen molar-refractivity contribution in [3.05, 3.63) is 30.0 Å². The predicted molar refractivity (Wildman–Crippen MR) is 124 cm³/mol. The highest BCUT2D eigenvalue weighted by atomic mass is 19.3. The summed E-state index contributed by atoms with van der Waals surface area (Å²) in [6, 6.07) is 6.37. The summed E-state index contributed by atoms with van der Waals surface area (Å²) in [5, 5.41) is 10.6. The van der Waals surface area contributed by atoms with Gasteiger partial charge in [-0.3, -0.25) is 19.1 Å². The molecule has 0 radical (unpaired) electrons. The summed E-state index contributed by atoms with van der Waals surface area (Å²) in [6.07, 6.45) is 0.532. The van der Waals surface area contributed by atoms with Crippen LogP contribution in [0.1, 0.15) is 63.4 Å². The summed E-state index contributed by atoms with van der Waals surface area (Å²) in [5.41, 5.74) is 5.43. The monoisotopic (exact) mass is 477 g/mol. The molecule has 4 N–H and O–H groups in total. The zero-order chi connectivity index (χ0) is 25.1. The molecule has 10 heteroatoms. The minimum atomic E-state index is -2.60. The normalized spacial score (nSPS) is 17.3. The van der Waals surface area contributed by atoms with Crippen molar-refractivity contribution < 1.29 is 23.2 Å². The number of alkyl halides is 2. The van der Waals surface area contributed by atoms with E-state index < -0.39 is 35.1 Å². The molecule has 1 unspecified atom stereocenters. The third-order valence-corrected chi connectivity index (χ3v) is 6.22. The average molecular weight is 478 g/mol. The van der Waals surface area contributed by atoms with E-state index in [0.29, 0.717) is 24.8 Å². The lowest BCUT2D eigenvalue weighted by molar-refractivity contribution is -0.125. The van der Waals surface area contributed by atoms with Gasteiger partial charge in [-0.15, -0.1) is 0 Å². The number of nitrogens with zero attached hydrogens (tertiary/aromatic N) is 2. The Morgan fingerprint density at radius 1 is 1.21 bits per heavy atom. The summed E-state index contributed by atoms with van der Waals surface area (Å²) in [6.45, 7) is 5.98. The molecule has 3 amide bonds. The minimum absolute atomic E-state index is 0.00130. The third-order valence-electron chi connectivity index (χ3n) is 6.22. The van der Waals surface area contributed by atoms with Crippen molar-refractivity contribution in [2.24, 2.45) is 17.1 Å². The van der Waals surface area contributed by atoms with Gasteiger partial charge in [0.15, 0.2) is 5.69 Å². The van der Waals surface area contributed by atoms with Crippen LogP contribution in [0.5, 0.6) is 0 Å². The highest BCUT2D eigenvalue weighted by Gasteiger charge is 2.36. The van der Waals surface area contributed by atoms with Gasteiger partial charge in [0.1, 0.15) is 6.04 Å². The summed E-state index contributed by atoms with van der Waals surface area (Å²) < 4.78 is 28.8. The van der Waals surface area contributed by atoms with E-state index in [1.807, 2.05) is 32.9 Å². The van der Waals surface area contributed by atoms with Gasteiger partial charge in [0.25, 0.3) is 5.91 Å². The lowest BCUT2D eigenvalue weighted by Crippen LogP contribution is -2.54. The molecule has 0 spiro atoms. The van der Waals surface area contributed by atoms with Gasteiger partial charge in [-0.25, -0.2) is 8.78 Å². The van der Waals surface area contributed by atoms with Crippen molar-refractivity contribution in [1.29, 1.82) is 0 Å². The van der Waals surface area contributed by atoms with Gasteiger partial charge in [-0.2, -0.15) is 5.10 Å². The van der Waals surface area contributed by atoms with Crippen molar-refractivity contribution in [2.75, 3.05) is 6.54 Å². The molecule has 186 valence electrons. The van der Waals surface area contributed by atoms with Crippen molar-refractivity contribution >= 4 is 28.6 Å². The molecular formula is C24H33F2N5O3. The predicted octanol–water partition coefficient (Wildman–Crippen LogP) is 3.00. The van der Waals surface area contributed by atoms with E-state index in [9.17, 15) is 23.2 Å². The first-order chi connectivity index (χ1) is 15.9. The lowest BCUT2D eigenvalue weighted by Gasteiger charge is -2.30.